The van der Waals surface area contributed by atoms with Crippen molar-refractivity contribution in [2.24, 2.45) is 0 Å². The van der Waals surface area contributed by atoms with Crippen molar-refractivity contribution in [1.29, 1.82) is 0 Å². The Morgan fingerprint density at radius 1 is 0.800 bits per heavy atom. The smallest absolute Gasteiger partial charge is 0.344 e. The van der Waals surface area contributed by atoms with E-state index in [0.717, 1.165) is 17.7 Å². The molecule has 0 aliphatic heterocycles. The van der Waals surface area contributed by atoms with Gasteiger partial charge in [0.2, 0.25) is 0 Å². The Morgan fingerprint density at radius 3 is 2.09 bits per heavy atom. The van der Waals surface area contributed by atoms with Crippen LogP contribution < -0.4 is 10.9 Å². The van der Waals surface area contributed by atoms with Gasteiger partial charge in [-0.2, -0.15) is 16.8 Å². The van der Waals surface area contributed by atoms with Crippen LogP contribution in [-0.4, -0.2) is 42.7 Å². The van der Waals surface area contributed by atoms with Gasteiger partial charge in [0.1, 0.15) is 22.0 Å². The molecule has 45 heavy (non-hydrogen) atoms. The van der Waals surface area contributed by atoms with Gasteiger partial charge in [-0.1, -0.05) is 66.2 Å². The van der Waals surface area contributed by atoms with Gasteiger partial charge >= 0.3 is 5.97 Å². The summed E-state index contributed by atoms with van der Waals surface area (Å²) in [7, 11) is -9.89. The van der Waals surface area contributed by atoms with Gasteiger partial charge in [-0.05, 0) is 36.2 Å². The molecule has 0 saturated carbocycles. The number of ether oxygens (including phenoxy) is 1. The molecule has 0 bridgehead atoms. The molecular weight excluding hydrogens is 624 g/mol. The van der Waals surface area contributed by atoms with E-state index < -0.39 is 58.4 Å². The van der Waals surface area contributed by atoms with Gasteiger partial charge in [0, 0.05) is 16.5 Å². The number of pyridine rings is 1. The molecule has 5 aromatic rings. The number of esters is 1. The summed E-state index contributed by atoms with van der Waals surface area (Å²) >= 11 is 0. The van der Waals surface area contributed by atoms with Crippen molar-refractivity contribution < 1.29 is 40.3 Å². The summed E-state index contributed by atoms with van der Waals surface area (Å²) in [5, 5.41) is 2.49. The Bertz CT molecular complexity index is 2360. The molecule has 4 aromatic carbocycles. The van der Waals surface area contributed by atoms with Crippen LogP contribution in [0.1, 0.15) is 37.4 Å². The average Bonchev–Trinajstić information content (AvgIpc) is 2.98. The number of nitrogens with one attached hydrogen (secondary N) is 2. The summed E-state index contributed by atoms with van der Waals surface area (Å²) < 4.78 is 74.9. The molecule has 0 spiro atoms. The second-order valence-corrected chi connectivity index (χ2v) is 13.0. The molecule has 0 fully saturated rings. The highest BCUT2D eigenvalue weighted by Gasteiger charge is 2.36. The molecule has 0 amide bonds. The Balaban J connectivity index is 1.67. The van der Waals surface area contributed by atoms with Crippen LogP contribution in [0.4, 0.5) is 11.4 Å². The first-order chi connectivity index (χ1) is 21.3. The molecule has 12 nitrogen and oxygen atoms in total. The van der Waals surface area contributed by atoms with Crippen molar-refractivity contribution in [3.05, 3.63) is 117 Å². The average molecular weight is 647 g/mol. The van der Waals surface area contributed by atoms with Crippen LogP contribution >= 0.6 is 0 Å². The predicted octanol–water partition coefficient (Wildman–Crippen LogP) is 4.64. The van der Waals surface area contributed by atoms with Crippen LogP contribution in [0.3, 0.4) is 0 Å². The number of aryl methyl sites for hydroxylation is 1. The SMILES string of the molecule is Cc1ccc(COC(=O)c2c3c4c(c(Nc5ccccc5S(=O)(=O)O)cc(S(=O)(=O)O)c4[nH]c2=O)C(=O)c2ccccc2-3)cc1. The third-order valence-corrected chi connectivity index (χ3v) is 9.12. The molecule has 1 heterocycles. The second-order valence-electron chi connectivity index (χ2n) is 10.3. The lowest BCUT2D eigenvalue weighted by Gasteiger charge is -2.25. The highest BCUT2D eigenvalue weighted by molar-refractivity contribution is 7.86. The zero-order valence-electron chi connectivity index (χ0n) is 23.2. The third-order valence-electron chi connectivity index (χ3n) is 7.33. The number of fused-ring (bicyclic) bond motifs is 2. The Kier molecular flexibility index (Phi) is 7.16. The van der Waals surface area contributed by atoms with Crippen molar-refractivity contribution in [2.45, 2.75) is 23.3 Å². The molecule has 14 heteroatoms. The molecular formula is C31H22N2O10S2. The van der Waals surface area contributed by atoms with Gasteiger partial charge in [-0.15, -0.1) is 0 Å². The number of aromatic amines is 1. The first kappa shape index (κ1) is 29.9. The number of ketones is 1. The number of hydrogen-bond donors (Lipinski definition) is 4. The summed E-state index contributed by atoms with van der Waals surface area (Å²) in [4.78, 5) is 42.0. The summed E-state index contributed by atoms with van der Waals surface area (Å²) in [6, 6.07) is 19.1. The zero-order chi connectivity index (χ0) is 32.3. The highest BCUT2D eigenvalue weighted by atomic mass is 32.2. The van der Waals surface area contributed by atoms with Crippen molar-refractivity contribution in [1.82, 2.24) is 4.98 Å². The number of aromatic nitrogens is 1. The maximum absolute atomic E-state index is 14.0. The Labute approximate surface area is 255 Å². The molecule has 4 N–H and O–H groups in total. The van der Waals surface area contributed by atoms with Gasteiger partial charge in [-0.3, -0.25) is 18.7 Å². The van der Waals surface area contributed by atoms with Gasteiger partial charge < -0.3 is 15.0 Å². The van der Waals surface area contributed by atoms with Crippen LogP contribution in [0.15, 0.2) is 93.4 Å². The number of para-hydroxylation sites is 1. The van der Waals surface area contributed by atoms with Crippen LogP contribution in [0.2, 0.25) is 0 Å². The normalized spacial score (nSPS) is 12.6. The maximum Gasteiger partial charge on any atom is 0.344 e. The van der Waals surface area contributed by atoms with Gasteiger partial charge in [0.15, 0.2) is 5.78 Å². The first-order valence-electron chi connectivity index (χ1n) is 13.2. The van der Waals surface area contributed by atoms with Gasteiger partial charge in [0.25, 0.3) is 25.8 Å². The lowest BCUT2D eigenvalue weighted by atomic mass is 9.81. The van der Waals surface area contributed by atoms with E-state index in [4.69, 9.17) is 4.74 Å². The summed E-state index contributed by atoms with van der Waals surface area (Å²) in [5.41, 5.74) is -1.10. The van der Waals surface area contributed by atoms with Crippen LogP contribution in [0.5, 0.6) is 0 Å². The monoisotopic (exact) mass is 646 g/mol. The molecule has 0 unspecified atom stereocenters. The largest absolute Gasteiger partial charge is 0.457 e. The Hall–Kier alpha value is -5.15. The summed E-state index contributed by atoms with van der Waals surface area (Å²) in [5.74, 6) is -1.73. The molecule has 1 aliphatic rings. The van der Waals surface area contributed by atoms with Gasteiger partial charge in [-0.25, -0.2) is 4.79 Å². The lowest BCUT2D eigenvalue weighted by Crippen LogP contribution is -2.25. The fourth-order valence-corrected chi connectivity index (χ4v) is 6.65. The van der Waals surface area contributed by atoms with Crippen molar-refractivity contribution in [3.63, 3.8) is 0 Å². The van der Waals surface area contributed by atoms with Crippen LogP contribution in [0, 0.1) is 6.92 Å². The molecule has 1 aliphatic carbocycles. The van der Waals surface area contributed by atoms with E-state index in [1.807, 2.05) is 19.1 Å². The van der Waals surface area contributed by atoms with E-state index >= 15 is 0 Å². The number of carbonyl (C=O) groups excluding carboxylic acids is 2. The molecule has 228 valence electrons. The van der Waals surface area contributed by atoms with E-state index in [1.54, 1.807) is 24.3 Å². The van der Waals surface area contributed by atoms with Crippen LogP contribution in [0.25, 0.3) is 22.0 Å². The van der Waals surface area contributed by atoms with E-state index in [0.29, 0.717) is 5.56 Å². The molecule has 1 aromatic heterocycles. The molecule has 0 atom stereocenters. The highest BCUT2D eigenvalue weighted by Crippen LogP contribution is 2.45. The van der Waals surface area contributed by atoms with Crippen molar-refractivity contribution in [2.75, 3.05) is 5.32 Å². The predicted molar refractivity (Wildman–Crippen MR) is 163 cm³/mol. The standard InChI is InChI=1S/C31H22N2O10S2/c1-16-10-12-17(13-11-16)15-43-31(36)27-24-18-6-2-3-7-19(18)29(34)25-21(32-20-8-4-5-9-22(20)44(37,38)39)14-23(45(40,41)42)28(26(24)25)33-30(27)35/h2-14,32H,15H2,1H3,(H,33,35)(H,37,38,39)(H,40,41,42). The van der Waals surface area contributed by atoms with E-state index in [9.17, 15) is 40.3 Å². The lowest BCUT2D eigenvalue weighted by molar-refractivity contribution is 0.0471. The molecule has 6 rings (SSSR count). The maximum atomic E-state index is 14.0. The number of anilines is 2. The molecule has 0 saturated heterocycles. The minimum Gasteiger partial charge on any atom is -0.457 e. The summed E-state index contributed by atoms with van der Waals surface area (Å²) in [6.07, 6.45) is 0. The second kappa shape index (κ2) is 10.8. The quantitative estimate of drug-likeness (QED) is 0.139. The van der Waals surface area contributed by atoms with Crippen LogP contribution in [-0.2, 0) is 31.6 Å². The van der Waals surface area contributed by atoms with Crippen molar-refractivity contribution in [3.8, 4) is 11.1 Å². The fourth-order valence-electron chi connectivity index (χ4n) is 5.33. The number of H-pyrrole nitrogens is 1. The summed E-state index contributed by atoms with van der Waals surface area (Å²) in [6.45, 7) is 1.69. The molecule has 0 radical (unpaired) electrons. The minimum atomic E-state index is -5.10. The van der Waals surface area contributed by atoms with E-state index in [1.165, 1.54) is 30.3 Å². The van der Waals surface area contributed by atoms with Crippen molar-refractivity contribution >= 4 is 54.3 Å². The van der Waals surface area contributed by atoms with Gasteiger partial charge in [0.05, 0.1) is 22.5 Å². The number of rotatable bonds is 7. The first-order valence-corrected chi connectivity index (χ1v) is 16.1. The van der Waals surface area contributed by atoms with E-state index in [2.05, 4.69) is 10.3 Å². The minimum absolute atomic E-state index is 0.0511. The number of benzene rings is 4. The number of hydrogen-bond acceptors (Lipinski definition) is 9. The number of carbonyl (C=O) groups is 2. The van der Waals surface area contributed by atoms with E-state index in [-0.39, 0.29) is 45.6 Å². The zero-order valence-corrected chi connectivity index (χ0v) is 24.8. The fraction of sp³-hybridized carbons (Fsp3) is 0.0645. The Morgan fingerprint density at radius 2 is 1.42 bits per heavy atom. The third kappa shape index (κ3) is 5.29. The topological polar surface area (TPSA) is 197 Å².